The fraction of sp³-hybridized carbons (Fsp3) is 0.667. The van der Waals surface area contributed by atoms with E-state index < -0.39 is 0 Å². The average molecular weight is 240 g/mol. The molecule has 0 radical (unpaired) electrons. The largest absolute Gasteiger partial charge is 0.351 e. The van der Waals surface area contributed by atoms with Gasteiger partial charge in [-0.25, -0.2) is 9.97 Å². The predicted molar refractivity (Wildman–Crippen MR) is 66.9 cm³/mol. The first kappa shape index (κ1) is 11.6. The maximum absolute atomic E-state index is 5.96. The van der Waals surface area contributed by atoms with Gasteiger partial charge in [-0.15, -0.1) is 0 Å². The third kappa shape index (κ3) is 3.08. The molecule has 0 atom stereocenters. The number of aromatic nitrogens is 2. The second-order valence-electron chi connectivity index (χ2n) is 4.34. The predicted octanol–water partition coefficient (Wildman–Crippen LogP) is 3.44. The van der Waals surface area contributed by atoms with E-state index in [1.165, 1.54) is 32.1 Å². The van der Waals surface area contributed by atoms with Crippen molar-refractivity contribution in [1.82, 2.24) is 9.97 Å². The first-order chi connectivity index (χ1) is 7.78. The lowest BCUT2D eigenvalue weighted by atomic mass is 9.96. The summed E-state index contributed by atoms with van der Waals surface area (Å²) in [6.45, 7) is 2.07. The van der Waals surface area contributed by atoms with Gasteiger partial charge in [-0.3, -0.25) is 0 Å². The molecule has 1 aromatic heterocycles. The summed E-state index contributed by atoms with van der Waals surface area (Å²) in [6, 6.07) is 2.35. The Bertz CT molecular complexity index is 348. The highest BCUT2D eigenvalue weighted by Crippen LogP contribution is 2.21. The monoisotopic (exact) mass is 239 g/mol. The van der Waals surface area contributed by atoms with Gasteiger partial charge in [0, 0.05) is 11.7 Å². The van der Waals surface area contributed by atoms with Crippen LogP contribution in [0, 0.1) is 0 Å². The lowest BCUT2D eigenvalue weighted by Gasteiger charge is -2.22. The zero-order valence-electron chi connectivity index (χ0n) is 9.67. The van der Waals surface area contributed by atoms with Gasteiger partial charge in [0.25, 0.3) is 0 Å². The van der Waals surface area contributed by atoms with E-state index in [0.717, 1.165) is 12.1 Å². The molecule has 1 aliphatic carbocycles. The lowest BCUT2D eigenvalue weighted by molar-refractivity contribution is 0.460. The maximum atomic E-state index is 5.96. The van der Waals surface area contributed by atoms with Crippen molar-refractivity contribution >= 4 is 17.5 Å². The van der Waals surface area contributed by atoms with Crippen LogP contribution in [0.1, 0.15) is 44.7 Å². The molecule has 0 saturated heterocycles. The Labute approximate surface area is 102 Å². The van der Waals surface area contributed by atoms with Crippen molar-refractivity contribution < 1.29 is 0 Å². The number of nitrogens with zero attached hydrogens (tertiary/aromatic N) is 2. The molecule has 1 aromatic rings. The van der Waals surface area contributed by atoms with Crippen LogP contribution in [0.5, 0.6) is 0 Å². The van der Waals surface area contributed by atoms with Gasteiger partial charge in [-0.05, 0) is 25.3 Å². The number of hydrogen-bond acceptors (Lipinski definition) is 3. The van der Waals surface area contributed by atoms with Crippen molar-refractivity contribution in [2.75, 3.05) is 5.32 Å². The van der Waals surface area contributed by atoms with Crippen LogP contribution in [0.3, 0.4) is 0 Å². The molecule has 0 aliphatic heterocycles. The zero-order valence-corrected chi connectivity index (χ0v) is 10.4. The van der Waals surface area contributed by atoms with Gasteiger partial charge in [0.2, 0.25) is 5.95 Å². The van der Waals surface area contributed by atoms with E-state index in [1.54, 1.807) is 0 Å². The van der Waals surface area contributed by atoms with Gasteiger partial charge < -0.3 is 5.32 Å². The Kier molecular flexibility index (Phi) is 3.99. The molecule has 1 fully saturated rings. The van der Waals surface area contributed by atoms with Gasteiger partial charge in [0.05, 0.1) is 0 Å². The summed E-state index contributed by atoms with van der Waals surface area (Å²) in [6.07, 6.45) is 7.29. The molecule has 0 unspecified atom stereocenters. The van der Waals surface area contributed by atoms with Crippen LogP contribution >= 0.6 is 11.6 Å². The summed E-state index contributed by atoms with van der Waals surface area (Å²) < 4.78 is 0. The molecule has 0 bridgehead atoms. The molecule has 4 heteroatoms. The fourth-order valence-electron chi connectivity index (χ4n) is 2.14. The summed E-state index contributed by atoms with van der Waals surface area (Å²) in [5.41, 5.74) is 0.998. The van der Waals surface area contributed by atoms with E-state index in [-0.39, 0.29) is 0 Å². The highest BCUT2D eigenvalue weighted by molar-refractivity contribution is 6.29. The number of rotatable bonds is 3. The van der Waals surface area contributed by atoms with Crippen molar-refractivity contribution in [2.45, 2.75) is 51.5 Å². The minimum absolute atomic E-state index is 0.525. The molecule has 1 saturated carbocycles. The van der Waals surface area contributed by atoms with Crippen LogP contribution in [0.2, 0.25) is 5.15 Å². The number of anilines is 1. The summed E-state index contributed by atoms with van der Waals surface area (Å²) in [4.78, 5) is 8.66. The first-order valence-electron chi connectivity index (χ1n) is 6.08. The van der Waals surface area contributed by atoms with Gasteiger partial charge in [0.15, 0.2) is 0 Å². The minimum Gasteiger partial charge on any atom is -0.351 e. The maximum Gasteiger partial charge on any atom is 0.224 e. The van der Waals surface area contributed by atoms with E-state index in [1.807, 2.05) is 6.07 Å². The molecule has 0 amide bonds. The average Bonchev–Trinajstić information content (AvgIpc) is 2.29. The van der Waals surface area contributed by atoms with E-state index in [2.05, 4.69) is 22.2 Å². The highest BCUT2D eigenvalue weighted by Gasteiger charge is 2.14. The Morgan fingerprint density at radius 1 is 1.31 bits per heavy atom. The second kappa shape index (κ2) is 5.48. The van der Waals surface area contributed by atoms with E-state index >= 15 is 0 Å². The van der Waals surface area contributed by atoms with Crippen LogP contribution in [0.15, 0.2) is 6.07 Å². The van der Waals surface area contributed by atoms with E-state index in [0.29, 0.717) is 17.1 Å². The van der Waals surface area contributed by atoms with Gasteiger partial charge in [0.1, 0.15) is 5.15 Å². The number of hydrogen-bond donors (Lipinski definition) is 1. The topological polar surface area (TPSA) is 37.8 Å². The van der Waals surface area contributed by atoms with Crippen molar-refractivity contribution in [3.8, 4) is 0 Å². The first-order valence-corrected chi connectivity index (χ1v) is 6.45. The highest BCUT2D eigenvalue weighted by atomic mass is 35.5. The number of aryl methyl sites for hydroxylation is 1. The Balaban J connectivity index is 2.04. The molecule has 0 spiro atoms. The molecule has 1 N–H and O–H groups in total. The van der Waals surface area contributed by atoms with Crippen molar-refractivity contribution in [3.05, 3.63) is 16.9 Å². The van der Waals surface area contributed by atoms with E-state index in [4.69, 9.17) is 11.6 Å². The van der Waals surface area contributed by atoms with Crippen LogP contribution in [-0.4, -0.2) is 16.0 Å². The summed E-state index contributed by atoms with van der Waals surface area (Å²) >= 11 is 5.96. The van der Waals surface area contributed by atoms with Crippen molar-refractivity contribution in [1.29, 1.82) is 0 Å². The second-order valence-corrected chi connectivity index (χ2v) is 4.73. The molecular weight excluding hydrogens is 222 g/mol. The van der Waals surface area contributed by atoms with Crippen LogP contribution in [0.4, 0.5) is 5.95 Å². The van der Waals surface area contributed by atoms with Gasteiger partial charge in [-0.2, -0.15) is 0 Å². The molecule has 1 aliphatic rings. The third-order valence-electron chi connectivity index (χ3n) is 3.05. The Morgan fingerprint density at radius 2 is 2.06 bits per heavy atom. The van der Waals surface area contributed by atoms with Crippen molar-refractivity contribution in [2.24, 2.45) is 0 Å². The molecule has 3 nitrogen and oxygen atoms in total. The smallest absolute Gasteiger partial charge is 0.224 e. The summed E-state index contributed by atoms with van der Waals surface area (Å²) in [5, 5.41) is 3.92. The fourth-order valence-corrected chi connectivity index (χ4v) is 2.35. The Morgan fingerprint density at radius 3 is 2.75 bits per heavy atom. The van der Waals surface area contributed by atoms with Gasteiger partial charge in [-0.1, -0.05) is 37.8 Å². The minimum atomic E-state index is 0.525. The lowest BCUT2D eigenvalue weighted by Crippen LogP contribution is -2.23. The third-order valence-corrected chi connectivity index (χ3v) is 3.24. The van der Waals surface area contributed by atoms with E-state index in [9.17, 15) is 0 Å². The molecule has 2 rings (SSSR count). The number of halogens is 1. The molecular formula is C12H18ClN3. The standard InChI is InChI=1S/C12H18ClN3/c1-2-9-8-11(13)16-12(14-9)15-10-6-4-3-5-7-10/h8,10H,2-7H2,1H3,(H,14,15,16). The Hall–Kier alpha value is -0.830. The molecule has 1 heterocycles. The van der Waals surface area contributed by atoms with Crippen molar-refractivity contribution in [3.63, 3.8) is 0 Å². The SMILES string of the molecule is CCc1cc(Cl)nc(NC2CCCCC2)n1. The number of nitrogens with one attached hydrogen (secondary N) is 1. The quantitative estimate of drug-likeness (QED) is 0.822. The summed E-state index contributed by atoms with van der Waals surface area (Å²) in [5.74, 6) is 0.691. The van der Waals surface area contributed by atoms with Crippen LogP contribution < -0.4 is 5.32 Å². The summed E-state index contributed by atoms with van der Waals surface area (Å²) in [7, 11) is 0. The zero-order chi connectivity index (χ0) is 11.4. The van der Waals surface area contributed by atoms with Gasteiger partial charge >= 0.3 is 0 Å². The molecule has 16 heavy (non-hydrogen) atoms. The van der Waals surface area contributed by atoms with Crippen LogP contribution in [-0.2, 0) is 6.42 Å². The molecule has 0 aromatic carbocycles. The van der Waals surface area contributed by atoms with Crippen LogP contribution in [0.25, 0.3) is 0 Å². The molecule has 88 valence electrons. The normalized spacial score (nSPS) is 17.4.